The maximum absolute atomic E-state index is 13.4. The summed E-state index contributed by atoms with van der Waals surface area (Å²) in [5.41, 5.74) is 6.63. The summed E-state index contributed by atoms with van der Waals surface area (Å²) in [6, 6.07) is 12.8. The zero-order valence-corrected chi connectivity index (χ0v) is 18.2. The van der Waals surface area contributed by atoms with E-state index in [2.05, 4.69) is 0 Å². The van der Waals surface area contributed by atoms with Crippen LogP contribution in [0.25, 0.3) is 0 Å². The number of carbonyl (C=O) groups excluding carboxylic acids is 2. The Morgan fingerprint density at radius 1 is 1.13 bits per heavy atom. The van der Waals surface area contributed by atoms with Gasteiger partial charge < -0.3 is 10.6 Å². The number of anilines is 1. The van der Waals surface area contributed by atoms with Crippen LogP contribution in [0, 0.1) is 12.8 Å². The van der Waals surface area contributed by atoms with E-state index in [4.69, 9.17) is 17.3 Å². The summed E-state index contributed by atoms with van der Waals surface area (Å²) in [5.74, 6) is -0.939. The molecule has 2 N–H and O–H groups in total. The fourth-order valence-electron chi connectivity index (χ4n) is 3.47. The quantitative estimate of drug-likeness (QED) is 0.732. The van der Waals surface area contributed by atoms with E-state index in [1.165, 1.54) is 24.3 Å². The Morgan fingerprint density at radius 3 is 2.33 bits per heavy atom. The van der Waals surface area contributed by atoms with Crippen LogP contribution >= 0.6 is 11.6 Å². The summed E-state index contributed by atoms with van der Waals surface area (Å²) < 4.78 is 27.8. The molecule has 1 fully saturated rings. The Hall–Kier alpha value is -2.58. The van der Waals surface area contributed by atoms with Crippen molar-refractivity contribution in [2.45, 2.75) is 24.7 Å². The number of aryl methyl sites for hydroxylation is 1. The third-order valence-electron chi connectivity index (χ3n) is 5.22. The maximum atomic E-state index is 13.4. The predicted octanol–water partition coefficient (Wildman–Crippen LogP) is 2.57. The van der Waals surface area contributed by atoms with Crippen molar-refractivity contribution in [2.24, 2.45) is 11.7 Å². The van der Waals surface area contributed by atoms with Crippen molar-refractivity contribution in [1.82, 2.24) is 4.90 Å². The molecular formula is C21H24ClN3O4S. The van der Waals surface area contributed by atoms with Gasteiger partial charge in [-0.3, -0.25) is 13.9 Å². The Morgan fingerprint density at radius 2 is 1.77 bits per heavy atom. The Kier molecular flexibility index (Phi) is 6.67. The molecule has 0 unspecified atom stereocenters. The second-order valence-corrected chi connectivity index (χ2v) is 9.66. The van der Waals surface area contributed by atoms with Crippen LogP contribution in [0.1, 0.15) is 18.4 Å². The molecule has 1 aliphatic rings. The minimum absolute atomic E-state index is 0.0497. The van der Waals surface area contributed by atoms with Crippen LogP contribution in [-0.4, -0.2) is 44.8 Å². The first-order valence-electron chi connectivity index (χ1n) is 9.60. The van der Waals surface area contributed by atoms with E-state index in [1.54, 1.807) is 23.1 Å². The van der Waals surface area contributed by atoms with Crippen molar-refractivity contribution in [1.29, 1.82) is 0 Å². The molecule has 0 radical (unpaired) electrons. The van der Waals surface area contributed by atoms with E-state index < -0.39 is 10.0 Å². The summed E-state index contributed by atoms with van der Waals surface area (Å²) in [5, 5.41) is 0.421. The highest BCUT2D eigenvalue weighted by molar-refractivity contribution is 7.92. The number of likely N-dealkylation sites (tertiary alicyclic amines) is 1. The standard InChI is InChI=1S/C21H24ClN3O4S/c1-15-3-2-4-18(13-15)25(30(28,29)19-7-5-17(22)6-8-19)14-20(26)24-11-9-16(10-12-24)21(23)27/h2-8,13,16H,9-12,14H2,1H3,(H2,23,27). The molecule has 160 valence electrons. The van der Waals surface area contributed by atoms with Crippen LogP contribution in [0.2, 0.25) is 5.02 Å². The molecule has 0 aliphatic carbocycles. The van der Waals surface area contributed by atoms with Gasteiger partial charge in [0, 0.05) is 24.0 Å². The van der Waals surface area contributed by atoms with Crippen LogP contribution in [0.15, 0.2) is 53.4 Å². The minimum Gasteiger partial charge on any atom is -0.369 e. The summed E-state index contributed by atoms with van der Waals surface area (Å²) in [7, 11) is -3.99. The third-order valence-corrected chi connectivity index (χ3v) is 7.26. The van der Waals surface area contributed by atoms with Crippen LogP contribution in [0.5, 0.6) is 0 Å². The zero-order chi connectivity index (χ0) is 21.9. The zero-order valence-electron chi connectivity index (χ0n) is 16.6. The fraction of sp³-hybridized carbons (Fsp3) is 0.333. The summed E-state index contributed by atoms with van der Waals surface area (Å²) in [4.78, 5) is 26.0. The van der Waals surface area contributed by atoms with Crippen molar-refractivity contribution in [2.75, 3.05) is 23.9 Å². The summed E-state index contributed by atoms with van der Waals surface area (Å²) in [6.07, 6.45) is 0.963. The lowest BCUT2D eigenvalue weighted by Gasteiger charge is -2.33. The summed E-state index contributed by atoms with van der Waals surface area (Å²) in [6.45, 7) is 2.26. The lowest BCUT2D eigenvalue weighted by molar-refractivity contribution is -0.133. The second kappa shape index (κ2) is 9.06. The molecule has 1 heterocycles. The number of nitrogens with zero attached hydrogens (tertiary/aromatic N) is 2. The number of piperidine rings is 1. The van der Waals surface area contributed by atoms with Crippen LogP contribution < -0.4 is 10.0 Å². The van der Waals surface area contributed by atoms with Gasteiger partial charge in [-0.2, -0.15) is 0 Å². The van der Waals surface area contributed by atoms with Gasteiger partial charge in [-0.1, -0.05) is 23.7 Å². The number of halogens is 1. The van der Waals surface area contributed by atoms with E-state index in [9.17, 15) is 18.0 Å². The first-order valence-corrected chi connectivity index (χ1v) is 11.4. The van der Waals surface area contributed by atoms with Crippen LogP contribution in [0.4, 0.5) is 5.69 Å². The van der Waals surface area contributed by atoms with E-state index >= 15 is 0 Å². The van der Waals surface area contributed by atoms with E-state index in [1.807, 2.05) is 13.0 Å². The number of hydrogen-bond acceptors (Lipinski definition) is 4. The molecule has 0 spiro atoms. The lowest BCUT2D eigenvalue weighted by Crippen LogP contribution is -2.47. The van der Waals surface area contributed by atoms with E-state index in [0.717, 1.165) is 9.87 Å². The highest BCUT2D eigenvalue weighted by Gasteiger charge is 2.31. The Labute approximate surface area is 181 Å². The maximum Gasteiger partial charge on any atom is 0.264 e. The second-order valence-electron chi connectivity index (χ2n) is 7.36. The number of nitrogens with two attached hydrogens (primary N) is 1. The van der Waals surface area contributed by atoms with Crippen molar-refractivity contribution < 1.29 is 18.0 Å². The molecule has 0 bridgehead atoms. The number of rotatable bonds is 6. The molecular weight excluding hydrogens is 426 g/mol. The van der Waals surface area contributed by atoms with Gasteiger partial charge in [-0.25, -0.2) is 8.42 Å². The smallest absolute Gasteiger partial charge is 0.264 e. The summed E-state index contributed by atoms with van der Waals surface area (Å²) >= 11 is 5.90. The number of benzene rings is 2. The molecule has 0 atom stereocenters. The predicted molar refractivity (Wildman–Crippen MR) is 116 cm³/mol. The van der Waals surface area contributed by atoms with Gasteiger partial charge in [0.1, 0.15) is 6.54 Å². The monoisotopic (exact) mass is 449 g/mol. The number of primary amides is 1. The lowest BCUT2D eigenvalue weighted by atomic mass is 9.96. The number of hydrogen-bond donors (Lipinski definition) is 1. The number of carbonyl (C=O) groups is 2. The average Bonchev–Trinajstić information content (AvgIpc) is 2.72. The molecule has 2 amide bonds. The number of sulfonamides is 1. The highest BCUT2D eigenvalue weighted by atomic mass is 35.5. The van der Waals surface area contributed by atoms with Gasteiger partial charge in [0.05, 0.1) is 10.6 Å². The van der Waals surface area contributed by atoms with Crippen LogP contribution in [-0.2, 0) is 19.6 Å². The largest absolute Gasteiger partial charge is 0.369 e. The first kappa shape index (κ1) is 22.1. The molecule has 30 heavy (non-hydrogen) atoms. The Bertz CT molecular complexity index is 1030. The van der Waals surface area contributed by atoms with Crippen molar-refractivity contribution in [3.63, 3.8) is 0 Å². The molecule has 1 aliphatic heterocycles. The van der Waals surface area contributed by atoms with E-state index in [0.29, 0.717) is 36.6 Å². The highest BCUT2D eigenvalue weighted by Crippen LogP contribution is 2.26. The van der Waals surface area contributed by atoms with Crippen molar-refractivity contribution in [3.8, 4) is 0 Å². The van der Waals surface area contributed by atoms with Crippen molar-refractivity contribution in [3.05, 3.63) is 59.1 Å². The SMILES string of the molecule is Cc1cccc(N(CC(=O)N2CCC(C(N)=O)CC2)S(=O)(=O)c2ccc(Cl)cc2)c1. The molecule has 9 heteroatoms. The van der Waals surface area contributed by atoms with Gasteiger partial charge in [0.15, 0.2) is 0 Å². The molecule has 0 saturated carbocycles. The Balaban J connectivity index is 1.88. The molecule has 3 rings (SSSR count). The average molecular weight is 450 g/mol. The van der Waals surface area contributed by atoms with Gasteiger partial charge in [-0.05, 0) is 61.7 Å². The van der Waals surface area contributed by atoms with Gasteiger partial charge in [0.25, 0.3) is 10.0 Å². The van der Waals surface area contributed by atoms with Gasteiger partial charge in [-0.15, -0.1) is 0 Å². The molecule has 2 aromatic carbocycles. The van der Waals surface area contributed by atoms with Gasteiger partial charge in [0.2, 0.25) is 11.8 Å². The van der Waals surface area contributed by atoms with E-state index in [-0.39, 0.29) is 29.2 Å². The molecule has 1 saturated heterocycles. The van der Waals surface area contributed by atoms with Crippen LogP contribution in [0.3, 0.4) is 0 Å². The first-order chi connectivity index (χ1) is 14.2. The van der Waals surface area contributed by atoms with Gasteiger partial charge >= 0.3 is 0 Å². The minimum atomic E-state index is -3.99. The third kappa shape index (κ3) is 4.94. The normalized spacial score (nSPS) is 15.1. The topological polar surface area (TPSA) is 101 Å². The molecule has 7 nitrogen and oxygen atoms in total. The molecule has 2 aromatic rings. The fourth-order valence-corrected chi connectivity index (χ4v) is 5.00. The molecule has 0 aromatic heterocycles. The van der Waals surface area contributed by atoms with Crippen molar-refractivity contribution >= 4 is 39.1 Å². The number of amides is 2.